The summed E-state index contributed by atoms with van der Waals surface area (Å²) >= 11 is 0. The van der Waals surface area contributed by atoms with Gasteiger partial charge in [0.25, 0.3) is 5.91 Å². The largest absolute Gasteiger partial charge is 0.433 e. The van der Waals surface area contributed by atoms with E-state index in [1.165, 1.54) is 6.33 Å². The monoisotopic (exact) mass is 439 g/mol. The number of halogens is 3. The van der Waals surface area contributed by atoms with Crippen LogP contribution in [0, 0.1) is 6.92 Å². The van der Waals surface area contributed by atoms with Crippen LogP contribution >= 0.6 is 0 Å². The maximum absolute atomic E-state index is 12.6. The van der Waals surface area contributed by atoms with Gasteiger partial charge in [-0.2, -0.15) is 13.2 Å². The lowest BCUT2D eigenvalue weighted by atomic mass is 10.2. The molecule has 0 unspecified atom stereocenters. The average Bonchev–Trinajstić information content (AvgIpc) is 3.21. The second-order valence-electron chi connectivity index (χ2n) is 6.69. The Morgan fingerprint density at radius 2 is 1.72 bits per heavy atom. The zero-order valence-electron chi connectivity index (χ0n) is 16.6. The van der Waals surface area contributed by atoms with E-state index >= 15 is 0 Å². The van der Waals surface area contributed by atoms with Crippen LogP contribution in [0.2, 0.25) is 0 Å². The minimum absolute atomic E-state index is 0.0171. The van der Waals surface area contributed by atoms with Crippen molar-refractivity contribution in [2.24, 2.45) is 0 Å². The summed E-state index contributed by atoms with van der Waals surface area (Å²) in [5, 5.41) is 5.76. The molecule has 0 saturated heterocycles. The first-order valence-electron chi connectivity index (χ1n) is 9.34. The van der Waals surface area contributed by atoms with Crippen LogP contribution in [0.3, 0.4) is 0 Å². The first kappa shape index (κ1) is 21.0. The van der Waals surface area contributed by atoms with Crippen LogP contribution in [0.5, 0.6) is 0 Å². The predicted octanol–water partition coefficient (Wildman–Crippen LogP) is 4.38. The van der Waals surface area contributed by atoms with Gasteiger partial charge in [-0.15, -0.1) is 0 Å². The molecule has 162 valence electrons. The number of benzene rings is 1. The van der Waals surface area contributed by atoms with E-state index in [0.717, 1.165) is 24.2 Å². The van der Waals surface area contributed by atoms with E-state index in [0.29, 0.717) is 23.0 Å². The van der Waals surface area contributed by atoms with Crippen molar-refractivity contribution in [3.8, 4) is 5.82 Å². The van der Waals surface area contributed by atoms with Crippen LogP contribution in [-0.4, -0.2) is 30.4 Å². The van der Waals surface area contributed by atoms with Crippen molar-refractivity contribution in [3.63, 3.8) is 0 Å². The van der Waals surface area contributed by atoms with Gasteiger partial charge in [-0.3, -0.25) is 14.3 Å². The number of nitrogens with zero attached hydrogens (tertiary/aromatic N) is 5. The van der Waals surface area contributed by atoms with Gasteiger partial charge in [0, 0.05) is 36.0 Å². The van der Waals surface area contributed by atoms with Crippen molar-refractivity contribution >= 4 is 23.1 Å². The number of rotatable bonds is 5. The average molecular weight is 439 g/mol. The van der Waals surface area contributed by atoms with Crippen molar-refractivity contribution in [2.45, 2.75) is 13.1 Å². The lowest BCUT2D eigenvalue weighted by Gasteiger charge is -2.10. The molecule has 3 heterocycles. The highest BCUT2D eigenvalue weighted by Gasteiger charge is 2.32. The van der Waals surface area contributed by atoms with E-state index < -0.39 is 17.8 Å². The van der Waals surface area contributed by atoms with Crippen LogP contribution in [0.15, 0.2) is 67.4 Å². The van der Waals surface area contributed by atoms with Gasteiger partial charge in [0.05, 0.1) is 5.56 Å². The number of carbonyl (C=O) groups excluding carboxylic acids is 1. The Morgan fingerprint density at radius 1 is 0.969 bits per heavy atom. The summed E-state index contributed by atoms with van der Waals surface area (Å²) < 4.78 is 39.6. The molecular weight excluding hydrogens is 423 g/mol. The Bertz CT molecular complexity index is 1240. The van der Waals surface area contributed by atoms with E-state index in [1.54, 1.807) is 42.7 Å². The lowest BCUT2D eigenvalue weighted by Crippen LogP contribution is -2.14. The van der Waals surface area contributed by atoms with Gasteiger partial charge in [-0.05, 0) is 43.3 Å². The molecule has 3 aromatic heterocycles. The number of alkyl halides is 3. The molecule has 0 atom stereocenters. The molecule has 8 nitrogen and oxygen atoms in total. The summed E-state index contributed by atoms with van der Waals surface area (Å²) in [4.78, 5) is 28.1. The summed E-state index contributed by atoms with van der Waals surface area (Å²) in [6, 6.07) is 10.4. The summed E-state index contributed by atoms with van der Waals surface area (Å²) in [6.45, 7) is 1.86. The van der Waals surface area contributed by atoms with Crippen molar-refractivity contribution in [1.29, 1.82) is 0 Å². The van der Waals surface area contributed by atoms with Gasteiger partial charge in [-0.25, -0.2) is 15.0 Å². The SMILES string of the molecule is Cc1nccn1-c1cc(Nc2ccc(NC(=O)c3ccc(C(F)(F)F)nc3)cc2)ncn1. The molecule has 32 heavy (non-hydrogen) atoms. The topological polar surface area (TPSA) is 97.6 Å². The number of carbonyl (C=O) groups is 1. The third kappa shape index (κ3) is 4.72. The van der Waals surface area contributed by atoms with Gasteiger partial charge in [0.15, 0.2) is 0 Å². The molecule has 0 saturated carbocycles. The molecule has 0 fully saturated rings. The Kier molecular flexibility index (Phi) is 5.54. The van der Waals surface area contributed by atoms with Crippen LogP contribution < -0.4 is 10.6 Å². The van der Waals surface area contributed by atoms with Crippen molar-refractivity contribution in [3.05, 3.63) is 84.5 Å². The molecule has 0 aliphatic rings. The van der Waals surface area contributed by atoms with E-state index in [9.17, 15) is 18.0 Å². The number of aryl methyl sites for hydroxylation is 1. The zero-order valence-corrected chi connectivity index (χ0v) is 16.6. The van der Waals surface area contributed by atoms with Crippen molar-refractivity contribution < 1.29 is 18.0 Å². The molecule has 0 bridgehead atoms. The highest BCUT2D eigenvalue weighted by molar-refractivity contribution is 6.04. The maximum atomic E-state index is 12.6. The van der Waals surface area contributed by atoms with Crippen LogP contribution in [0.25, 0.3) is 5.82 Å². The number of pyridine rings is 1. The normalized spacial score (nSPS) is 11.2. The first-order valence-corrected chi connectivity index (χ1v) is 9.34. The minimum atomic E-state index is -4.56. The van der Waals surface area contributed by atoms with Gasteiger partial charge in [0.2, 0.25) is 0 Å². The lowest BCUT2D eigenvalue weighted by molar-refractivity contribution is -0.141. The molecule has 4 rings (SSSR count). The first-order chi connectivity index (χ1) is 15.3. The number of anilines is 3. The van der Waals surface area contributed by atoms with E-state index in [2.05, 4.69) is 30.6 Å². The Balaban J connectivity index is 1.41. The highest BCUT2D eigenvalue weighted by Crippen LogP contribution is 2.27. The van der Waals surface area contributed by atoms with Gasteiger partial charge in [0.1, 0.15) is 29.5 Å². The molecule has 11 heteroatoms. The number of amides is 1. The zero-order chi connectivity index (χ0) is 22.7. The highest BCUT2D eigenvalue weighted by atomic mass is 19.4. The fourth-order valence-electron chi connectivity index (χ4n) is 2.85. The number of hydrogen-bond acceptors (Lipinski definition) is 6. The summed E-state index contributed by atoms with van der Waals surface area (Å²) in [5.41, 5.74) is 0.146. The molecule has 4 aromatic rings. The second-order valence-corrected chi connectivity index (χ2v) is 6.69. The minimum Gasteiger partial charge on any atom is -0.340 e. The van der Waals surface area contributed by atoms with Gasteiger partial charge < -0.3 is 10.6 Å². The van der Waals surface area contributed by atoms with E-state index in [4.69, 9.17) is 0 Å². The van der Waals surface area contributed by atoms with Crippen LogP contribution in [0.4, 0.5) is 30.4 Å². The van der Waals surface area contributed by atoms with E-state index in [1.807, 2.05) is 11.5 Å². The predicted molar refractivity (Wildman–Crippen MR) is 111 cm³/mol. The number of aromatic nitrogens is 5. The molecule has 1 amide bonds. The fourth-order valence-corrected chi connectivity index (χ4v) is 2.85. The van der Waals surface area contributed by atoms with Crippen LogP contribution in [0.1, 0.15) is 21.9 Å². The second kappa shape index (κ2) is 8.46. The quantitative estimate of drug-likeness (QED) is 0.479. The molecular formula is C21H16F3N7O. The molecule has 0 spiro atoms. The number of nitrogens with one attached hydrogen (secondary N) is 2. The fraction of sp³-hybridized carbons (Fsp3) is 0.0952. The maximum Gasteiger partial charge on any atom is 0.433 e. The summed E-state index contributed by atoms with van der Waals surface area (Å²) in [7, 11) is 0. The number of hydrogen-bond donors (Lipinski definition) is 2. The molecule has 2 N–H and O–H groups in total. The summed E-state index contributed by atoms with van der Waals surface area (Å²) in [6.07, 6.45) is 1.25. The Labute approximate surface area is 180 Å². The Morgan fingerprint density at radius 3 is 2.34 bits per heavy atom. The molecule has 0 radical (unpaired) electrons. The molecule has 0 aliphatic carbocycles. The number of imidazole rings is 1. The van der Waals surface area contributed by atoms with Crippen molar-refractivity contribution in [2.75, 3.05) is 10.6 Å². The van der Waals surface area contributed by atoms with Gasteiger partial charge in [-0.1, -0.05) is 0 Å². The van der Waals surface area contributed by atoms with Crippen LogP contribution in [-0.2, 0) is 6.18 Å². The van der Waals surface area contributed by atoms with Gasteiger partial charge >= 0.3 is 6.18 Å². The summed E-state index contributed by atoms with van der Waals surface area (Å²) in [5.74, 6) is 1.45. The third-order valence-corrected chi connectivity index (χ3v) is 4.46. The smallest absolute Gasteiger partial charge is 0.340 e. The third-order valence-electron chi connectivity index (χ3n) is 4.46. The van der Waals surface area contributed by atoms with Crippen molar-refractivity contribution in [1.82, 2.24) is 24.5 Å². The standard InChI is InChI=1S/C21H16F3N7O/c1-13-25-8-9-31(13)19-10-18(27-12-28-19)29-15-3-5-16(6-4-15)30-20(32)14-2-7-17(26-11-14)21(22,23)24/h2-12H,1H3,(H,30,32)(H,27,28,29). The Hall–Kier alpha value is -4.28. The molecule has 1 aromatic carbocycles. The van der Waals surface area contributed by atoms with E-state index in [-0.39, 0.29) is 5.56 Å². The molecule has 0 aliphatic heterocycles.